The number of nitrogens with one attached hydrogen (secondary N) is 1. The Morgan fingerprint density at radius 1 is 0.724 bits per heavy atom. The van der Waals surface area contributed by atoms with Gasteiger partial charge in [-0.05, 0) is 25.7 Å². The minimum Gasteiger partial charge on any atom is -0.351 e. The van der Waals surface area contributed by atoms with Gasteiger partial charge in [0.05, 0.1) is 0 Å². The van der Waals surface area contributed by atoms with Crippen LogP contribution in [-0.4, -0.2) is 48.2 Å². The second kappa shape index (κ2) is 13.6. The third kappa shape index (κ3) is 8.75. The molecule has 166 valence electrons. The molecule has 2 rings (SSSR count). The molecule has 0 saturated heterocycles. The van der Waals surface area contributed by atoms with E-state index in [1.807, 2.05) is 0 Å². The first-order chi connectivity index (χ1) is 14.1. The number of aromatic nitrogens is 3. The fourth-order valence-electron chi connectivity index (χ4n) is 3.94. The van der Waals surface area contributed by atoms with Crippen LogP contribution in [-0.2, 0) is 0 Å². The van der Waals surface area contributed by atoms with Gasteiger partial charge in [0.2, 0.25) is 17.8 Å². The molecule has 6 nitrogen and oxygen atoms in total. The molecule has 1 fully saturated rings. The molecule has 1 aromatic rings. The summed E-state index contributed by atoms with van der Waals surface area (Å²) in [4.78, 5) is 18.8. The van der Waals surface area contributed by atoms with Crippen LogP contribution in [0.2, 0.25) is 0 Å². The van der Waals surface area contributed by atoms with E-state index in [0.29, 0.717) is 6.04 Å². The maximum absolute atomic E-state index is 4.81. The average molecular weight is 405 g/mol. The van der Waals surface area contributed by atoms with Crippen LogP contribution in [0.3, 0.4) is 0 Å². The molecule has 1 aromatic heterocycles. The Bertz CT molecular complexity index is 522. The topological polar surface area (TPSA) is 57.2 Å². The van der Waals surface area contributed by atoms with Gasteiger partial charge in [0.1, 0.15) is 0 Å². The molecule has 0 unspecified atom stereocenters. The van der Waals surface area contributed by atoms with Crippen molar-refractivity contribution in [2.24, 2.45) is 0 Å². The predicted octanol–water partition coefficient (Wildman–Crippen LogP) is 5.65. The highest BCUT2D eigenvalue weighted by molar-refractivity contribution is 5.45. The summed E-state index contributed by atoms with van der Waals surface area (Å²) in [5.41, 5.74) is 0. The molecule has 1 saturated carbocycles. The highest BCUT2D eigenvalue weighted by Crippen LogP contribution is 2.22. The number of hydrogen-bond donors (Lipinski definition) is 1. The second-order valence-electron chi connectivity index (χ2n) is 8.70. The van der Waals surface area contributed by atoms with Gasteiger partial charge in [0, 0.05) is 33.2 Å². The molecule has 1 aliphatic rings. The normalized spacial score (nSPS) is 14.8. The monoisotopic (exact) mass is 404 g/mol. The zero-order valence-corrected chi connectivity index (χ0v) is 19.4. The Morgan fingerprint density at radius 2 is 1.24 bits per heavy atom. The van der Waals surface area contributed by atoms with Crippen molar-refractivity contribution in [3.8, 4) is 0 Å². The first-order valence-corrected chi connectivity index (χ1v) is 12.1. The average Bonchev–Trinajstić information content (AvgIpc) is 2.74. The van der Waals surface area contributed by atoms with E-state index >= 15 is 0 Å². The lowest BCUT2D eigenvalue weighted by molar-refractivity contribution is 0.460. The van der Waals surface area contributed by atoms with E-state index in [4.69, 9.17) is 15.0 Å². The molecular formula is C23H44N6. The van der Waals surface area contributed by atoms with Gasteiger partial charge in [-0.1, -0.05) is 71.6 Å². The zero-order valence-electron chi connectivity index (χ0n) is 19.4. The molecule has 0 amide bonds. The predicted molar refractivity (Wildman–Crippen MR) is 125 cm³/mol. The number of unbranched alkanes of at least 4 members (excludes halogenated alkanes) is 6. The Morgan fingerprint density at radius 3 is 1.72 bits per heavy atom. The summed E-state index contributed by atoms with van der Waals surface area (Å²) in [6.45, 7) is 6.49. The van der Waals surface area contributed by atoms with E-state index in [-0.39, 0.29) is 0 Å². The van der Waals surface area contributed by atoms with Crippen molar-refractivity contribution in [1.82, 2.24) is 15.0 Å². The smallest absolute Gasteiger partial charge is 0.231 e. The van der Waals surface area contributed by atoms with Crippen LogP contribution in [0.15, 0.2) is 0 Å². The molecule has 0 aliphatic heterocycles. The summed E-state index contributed by atoms with van der Waals surface area (Å²) >= 11 is 0. The summed E-state index contributed by atoms with van der Waals surface area (Å²) in [5, 5.41) is 3.61. The first-order valence-electron chi connectivity index (χ1n) is 12.1. The third-order valence-electron chi connectivity index (χ3n) is 5.93. The van der Waals surface area contributed by atoms with E-state index in [0.717, 1.165) is 30.9 Å². The van der Waals surface area contributed by atoms with Crippen LogP contribution in [0.4, 0.5) is 17.8 Å². The standard InChI is InChI=1S/C23H44N6/c1-5-7-9-14-18-28(3)22-25-21(24-20-16-12-11-13-17-20)26-23(27-22)29(4)19-15-10-8-6-2/h20H,5-19H2,1-4H3,(H,24,25,26,27). The Hall–Kier alpha value is -1.59. The molecule has 6 heteroatoms. The van der Waals surface area contributed by atoms with Gasteiger partial charge in [-0.15, -0.1) is 0 Å². The molecule has 1 heterocycles. The van der Waals surface area contributed by atoms with Crippen molar-refractivity contribution in [2.45, 2.75) is 103 Å². The fourth-order valence-corrected chi connectivity index (χ4v) is 3.94. The van der Waals surface area contributed by atoms with Gasteiger partial charge < -0.3 is 15.1 Å². The number of rotatable bonds is 14. The van der Waals surface area contributed by atoms with E-state index in [2.05, 4.69) is 43.1 Å². The van der Waals surface area contributed by atoms with Crippen LogP contribution in [0.5, 0.6) is 0 Å². The van der Waals surface area contributed by atoms with Crippen LogP contribution in [0.25, 0.3) is 0 Å². The quantitative estimate of drug-likeness (QED) is 0.404. The van der Waals surface area contributed by atoms with Gasteiger partial charge in [-0.25, -0.2) is 0 Å². The number of hydrogen-bond acceptors (Lipinski definition) is 6. The SMILES string of the molecule is CCCCCCN(C)c1nc(NC2CCCCC2)nc(N(C)CCCCCC)n1. The Balaban J connectivity index is 2.07. The minimum absolute atomic E-state index is 0.497. The minimum atomic E-state index is 0.497. The first kappa shape index (κ1) is 23.7. The number of anilines is 3. The fraction of sp³-hybridized carbons (Fsp3) is 0.870. The summed E-state index contributed by atoms with van der Waals surface area (Å²) in [6.07, 6.45) is 16.4. The van der Waals surface area contributed by atoms with Crippen molar-refractivity contribution in [3.63, 3.8) is 0 Å². The molecule has 29 heavy (non-hydrogen) atoms. The lowest BCUT2D eigenvalue weighted by atomic mass is 9.96. The maximum atomic E-state index is 4.81. The van der Waals surface area contributed by atoms with Crippen molar-refractivity contribution in [3.05, 3.63) is 0 Å². The van der Waals surface area contributed by atoms with Crippen molar-refractivity contribution < 1.29 is 0 Å². The molecule has 0 spiro atoms. The third-order valence-corrected chi connectivity index (χ3v) is 5.93. The van der Waals surface area contributed by atoms with Gasteiger partial charge in [0.15, 0.2) is 0 Å². The summed E-state index contributed by atoms with van der Waals surface area (Å²) < 4.78 is 0. The van der Waals surface area contributed by atoms with Crippen LogP contribution in [0.1, 0.15) is 97.3 Å². The van der Waals surface area contributed by atoms with Gasteiger partial charge in [-0.3, -0.25) is 0 Å². The summed E-state index contributed by atoms with van der Waals surface area (Å²) in [6, 6.07) is 0.497. The second-order valence-corrected chi connectivity index (χ2v) is 8.70. The summed E-state index contributed by atoms with van der Waals surface area (Å²) in [5.74, 6) is 2.34. The molecule has 1 N–H and O–H groups in total. The highest BCUT2D eigenvalue weighted by Gasteiger charge is 2.18. The molecule has 0 bridgehead atoms. The van der Waals surface area contributed by atoms with Gasteiger partial charge >= 0.3 is 0 Å². The van der Waals surface area contributed by atoms with Crippen LogP contribution < -0.4 is 15.1 Å². The lowest BCUT2D eigenvalue weighted by Gasteiger charge is -2.25. The van der Waals surface area contributed by atoms with Crippen LogP contribution in [0, 0.1) is 0 Å². The van der Waals surface area contributed by atoms with E-state index in [1.165, 1.54) is 83.5 Å². The largest absolute Gasteiger partial charge is 0.351 e. The van der Waals surface area contributed by atoms with Crippen molar-refractivity contribution in [2.75, 3.05) is 42.3 Å². The molecule has 0 atom stereocenters. The van der Waals surface area contributed by atoms with Crippen molar-refractivity contribution >= 4 is 17.8 Å². The van der Waals surface area contributed by atoms with Gasteiger partial charge in [0.25, 0.3) is 0 Å². The van der Waals surface area contributed by atoms with Gasteiger partial charge in [-0.2, -0.15) is 15.0 Å². The molecule has 0 aromatic carbocycles. The lowest BCUT2D eigenvalue weighted by Crippen LogP contribution is -2.28. The van der Waals surface area contributed by atoms with E-state index < -0.39 is 0 Å². The maximum Gasteiger partial charge on any atom is 0.231 e. The van der Waals surface area contributed by atoms with E-state index in [9.17, 15) is 0 Å². The van der Waals surface area contributed by atoms with E-state index in [1.54, 1.807) is 0 Å². The Kier molecular flexibility index (Phi) is 11.1. The number of nitrogens with zero attached hydrogens (tertiary/aromatic N) is 5. The zero-order chi connectivity index (χ0) is 20.9. The van der Waals surface area contributed by atoms with Crippen molar-refractivity contribution in [1.29, 1.82) is 0 Å². The van der Waals surface area contributed by atoms with Crippen LogP contribution >= 0.6 is 0 Å². The molecular weight excluding hydrogens is 360 g/mol. The highest BCUT2D eigenvalue weighted by atomic mass is 15.3. The molecule has 1 aliphatic carbocycles. The Labute approximate surface area is 178 Å². The summed E-state index contributed by atoms with van der Waals surface area (Å²) in [7, 11) is 4.22. The molecule has 0 radical (unpaired) electrons.